The third-order valence-electron chi connectivity index (χ3n) is 3.01. The summed E-state index contributed by atoms with van der Waals surface area (Å²) in [6.07, 6.45) is 1.55. The number of rotatable bonds is 6. The van der Waals surface area contributed by atoms with Crippen molar-refractivity contribution in [2.75, 3.05) is 45.6 Å². The molecule has 0 unspecified atom stereocenters. The average Bonchev–Trinajstić information content (AvgIpc) is 2.37. The van der Waals surface area contributed by atoms with Crippen LogP contribution in [0.15, 0.2) is 0 Å². The topological polar surface area (TPSA) is 66.9 Å². The molecule has 0 saturated carbocycles. The molecule has 0 aromatic carbocycles. The molecular weight excluding hydrogens is 256 g/mol. The third kappa shape index (κ3) is 4.22. The Bertz CT molecular complexity index is 361. The molecule has 0 aromatic heterocycles. The second kappa shape index (κ2) is 7.06. The second-order valence-electron chi connectivity index (χ2n) is 4.38. The lowest BCUT2D eigenvalue weighted by Gasteiger charge is -2.33. The van der Waals surface area contributed by atoms with Gasteiger partial charge in [-0.05, 0) is 6.42 Å². The number of amides is 1. The molecule has 1 aliphatic heterocycles. The zero-order valence-electron chi connectivity index (χ0n) is 11.1. The lowest BCUT2D eigenvalue weighted by atomic mass is 10.3. The Hall–Kier alpha value is -0.660. The molecule has 0 aliphatic carbocycles. The van der Waals surface area contributed by atoms with Crippen LogP contribution < -0.4 is 0 Å². The first-order valence-electron chi connectivity index (χ1n) is 6.25. The van der Waals surface area contributed by atoms with Crippen LogP contribution in [-0.2, 0) is 19.6 Å². The number of nitrogens with zero attached hydrogens (tertiary/aromatic N) is 2. The van der Waals surface area contributed by atoms with E-state index in [4.69, 9.17) is 4.74 Å². The highest BCUT2D eigenvalue weighted by Gasteiger charge is 2.27. The highest BCUT2D eigenvalue weighted by Crippen LogP contribution is 2.10. The fourth-order valence-corrected chi connectivity index (χ4v) is 3.52. The standard InChI is InChI=1S/C11H22N2O4S/c1-3-4-9-18(15,16)13-7-5-12(6-8-13)11(14)10-17-2/h3-10H2,1-2H3. The summed E-state index contributed by atoms with van der Waals surface area (Å²) >= 11 is 0. The van der Waals surface area contributed by atoms with Gasteiger partial charge in [0, 0.05) is 33.3 Å². The van der Waals surface area contributed by atoms with Gasteiger partial charge in [-0.1, -0.05) is 13.3 Å². The summed E-state index contributed by atoms with van der Waals surface area (Å²) in [5.74, 6) is 0.123. The average molecular weight is 278 g/mol. The number of unbranched alkanes of at least 4 members (excludes halogenated alkanes) is 1. The summed E-state index contributed by atoms with van der Waals surface area (Å²) in [5, 5.41) is 0. The predicted octanol–water partition coefficient (Wildman–Crippen LogP) is -0.0931. The van der Waals surface area contributed by atoms with Crippen molar-refractivity contribution in [1.82, 2.24) is 9.21 Å². The maximum Gasteiger partial charge on any atom is 0.248 e. The Morgan fingerprint density at radius 2 is 1.83 bits per heavy atom. The summed E-state index contributed by atoms with van der Waals surface area (Å²) in [4.78, 5) is 13.2. The van der Waals surface area contributed by atoms with E-state index in [1.807, 2.05) is 6.92 Å². The van der Waals surface area contributed by atoms with E-state index < -0.39 is 10.0 Å². The van der Waals surface area contributed by atoms with Gasteiger partial charge in [-0.2, -0.15) is 4.31 Å². The number of piperazine rings is 1. The predicted molar refractivity (Wildman–Crippen MR) is 68.7 cm³/mol. The largest absolute Gasteiger partial charge is 0.375 e. The Morgan fingerprint density at radius 3 is 2.33 bits per heavy atom. The highest BCUT2D eigenvalue weighted by molar-refractivity contribution is 7.89. The molecule has 0 N–H and O–H groups in total. The van der Waals surface area contributed by atoms with Crippen molar-refractivity contribution in [3.8, 4) is 0 Å². The van der Waals surface area contributed by atoms with Gasteiger partial charge in [0.1, 0.15) is 6.61 Å². The fourth-order valence-electron chi connectivity index (χ4n) is 1.89. The number of hydrogen-bond acceptors (Lipinski definition) is 4. The monoisotopic (exact) mass is 278 g/mol. The van der Waals surface area contributed by atoms with E-state index in [1.165, 1.54) is 11.4 Å². The first-order valence-corrected chi connectivity index (χ1v) is 7.86. The van der Waals surface area contributed by atoms with Crippen molar-refractivity contribution in [2.45, 2.75) is 19.8 Å². The van der Waals surface area contributed by atoms with E-state index in [0.717, 1.165) is 6.42 Å². The Labute approximate surface area is 109 Å². The first kappa shape index (κ1) is 15.4. The van der Waals surface area contributed by atoms with Crippen LogP contribution in [0.4, 0.5) is 0 Å². The number of hydrogen-bond donors (Lipinski definition) is 0. The molecule has 1 amide bonds. The van der Waals surface area contributed by atoms with Gasteiger partial charge in [0.05, 0.1) is 5.75 Å². The summed E-state index contributed by atoms with van der Waals surface area (Å²) in [7, 11) is -1.67. The van der Waals surface area contributed by atoms with Crippen molar-refractivity contribution >= 4 is 15.9 Å². The minimum Gasteiger partial charge on any atom is -0.375 e. The molecule has 0 bridgehead atoms. The van der Waals surface area contributed by atoms with Gasteiger partial charge in [-0.25, -0.2) is 8.42 Å². The lowest BCUT2D eigenvalue weighted by Crippen LogP contribution is -2.51. The smallest absolute Gasteiger partial charge is 0.248 e. The van der Waals surface area contributed by atoms with Gasteiger partial charge in [-0.15, -0.1) is 0 Å². The Kier molecular flexibility index (Phi) is 6.04. The van der Waals surface area contributed by atoms with Crippen LogP contribution in [-0.4, -0.2) is 69.2 Å². The summed E-state index contributed by atoms with van der Waals surface area (Å²) in [6.45, 7) is 3.71. The molecule has 1 aliphatic rings. The minimum absolute atomic E-state index is 0.0581. The molecule has 1 fully saturated rings. The molecular formula is C11H22N2O4S. The quantitative estimate of drug-likeness (QED) is 0.681. The lowest BCUT2D eigenvalue weighted by molar-refractivity contribution is -0.136. The molecule has 106 valence electrons. The van der Waals surface area contributed by atoms with Crippen LogP contribution >= 0.6 is 0 Å². The number of carbonyl (C=O) groups is 1. The molecule has 7 heteroatoms. The van der Waals surface area contributed by atoms with E-state index in [-0.39, 0.29) is 18.3 Å². The summed E-state index contributed by atoms with van der Waals surface area (Å²) < 4.78 is 30.2. The van der Waals surface area contributed by atoms with Gasteiger partial charge in [0.25, 0.3) is 0 Å². The van der Waals surface area contributed by atoms with Gasteiger partial charge < -0.3 is 9.64 Å². The van der Waals surface area contributed by atoms with Crippen LogP contribution in [0.3, 0.4) is 0 Å². The fraction of sp³-hybridized carbons (Fsp3) is 0.909. The molecule has 18 heavy (non-hydrogen) atoms. The zero-order chi connectivity index (χ0) is 13.6. The molecule has 0 spiro atoms. The first-order chi connectivity index (χ1) is 8.51. The highest BCUT2D eigenvalue weighted by atomic mass is 32.2. The summed E-state index contributed by atoms with van der Waals surface area (Å²) in [5.41, 5.74) is 0. The molecule has 6 nitrogen and oxygen atoms in total. The number of sulfonamides is 1. The van der Waals surface area contributed by atoms with Crippen molar-refractivity contribution in [3.05, 3.63) is 0 Å². The van der Waals surface area contributed by atoms with Crippen LogP contribution in [0, 0.1) is 0 Å². The van der Waals surface area contributed by atoms with Crippen LogP contribution in [0.25, 0.3) is 0 Å². The van der Waals surface area contributed by atoms with E-state index in [1.54, 1.807) is 4.90 Å². The Morgan fingerprint density at radius 1 is 1.22 bits per heavy atom. The van der Waals surface area contributed by atoms with E-state index >= 15 is 0 Å². The van der Waals surface area contributed by atoms with Crippen LogP contribution in [0.2, 0.25) is 0 Å². The van der Waals surface area contributed by atoms with Crippen molar-refractivity contribution in [1.29, 1.82) is 0 Å². The normalized spacial score (nSPS) is 18.0. The van der Waals surface area contributed by atoms with Crippen molar-refractivity contribution < 1.29 is 17.9 Å². The van der Waals surface area contributed by atoms with Gasteiger partial charge in [-0.3, -0.25) is 4.79 Å². The van der Waals surface area contributed by atoms with Crippen LogP contribution in [0.1, 0.15) is 19.8 Å². The molecule has 0 atom stereocenters. The molecule has 0 aromatic rings. The van der Waals surface area contributed by atoms with Crippen molar-refractivity contribution in [3.63, 3.8) is 0 Å². The zero-order valence-corrected chi connectivity index (χ0v) is 11.9. The SMILES string of the molecule is CCCCS(=O)(=O)N1CCN(C(=O)COC)CC1. The minimum atomic E-state index is -3.14. The Balaban J connectivity index is 2.46. The summed E-state index contributed by atoms with van der Waals surface area (Å²) in [6, 6.07) is 0. The van der Waals surface area contributed by atoms with Gasteiger partial charge in [0.15, 0.2) is 0 Å². The second-order valence-corrected chi connectivity index (χ2v) is 6.47. The van der Waals surface area contributed by atoms with Gasteiger partial charge >= 0.3 is 0 Å². The van der Waals surface area contributed by atoms with Gasteiger partial charge in [0.2, 0.25) is 15.9 Å². The van der Waals surface area contributed by atoms with E-state index in [0.29, 0.717) is 32.6 Å². The molecule has 0 radical (unpaired) electrons. The number of methoxy groups -OCH3 is 1. The van der Waals surface area contributed by atoms with E-state index in [9.17, 15) is 13.2 Å². The maximum atomic E-state index is 11.9. The van der Waals surface area contributed by atoms with Crippen molar-refractivity contribution in [2.24, 2.45) is 0 Å². The number of ether oxygens (including phenoxy) is 1. The molecule has 1 rings (SSSR count). The molecule has 1 heterocycles. The number of carbonyl (C=O) groups excluding carboxylic acids is 1. The third-order valence-corrected chi connectivity index (χ3v) is 4.96. The maximum absolute atomic E-state index is 11.9. The molecule has 1 saturated heterocycles. The van der Waals surface area contributed by atoms with E-state index in [2.05, 4.69) is 0 Å². The van der Waals surface area contributed by atoms with Crippen LogP contribution in [0.5, 0.6) is 0 Å².